The molecule has 2 aromatic rings. The molecule has 0 aromatic heterocycles. The van der Waals surface area contributed by atoms with Gasteiger partial charge in [-0.15, -0.1) is 0 Å². The van der Waals surface area contributed by atoms with Crippen molar-refractivity contribution in [1.82, 2.24) is 5.32 Å². The van der Waals surface area contributed by atoms with Crippen LogP contribution in [0.2, 0.25) is 0 Å². The molecule has 2 amide bonds. The van der Waals surface area contributed by atoms with Gasteiger partial charge < -0.3 is 15.0 Å². The number of hydrogen-bond acceptors (Lipinski definition) is 3. The fourth-order valence-corrected chi connectivity index (χ4v) is 2.79. The molecule has 0 bridgehead atoms. The number of hydrogen-bond donors (Lipinski definition) is 1. The number of aryl methyl sites for hydroxylation is 1. The fraction of sp³-hybridized carbons (Fsp3) is 0.263. The van der Waals surface area contributed by atoms with Crippen molar-refractivity contribution >= 4 is 17.5 Å². The first-order valence-corrected chi connectivity index (χ1v) is 7.96. The van der Waals surface area contributed by atoms with Gasteiger partial charge in [-0.3, -0.25) is 9.59 Å². The number of rotatable bonds is 5. The molecule has 0 spiro atoms. The van der Waals surface area contributed by atoms with Crippen LogP contribution < -0.4 is 15.0 Å². The lowest BCUT2D eigenvalue weighted by molar-refractivity contribution is -0.123. The van der Waals surface area contributed by atoms with Gasteiger partial charge in [0, 0.05) is 18.7 Å². The maximum atomic E-state index is 12.1. The molecule has 3 rings (SSSR count). The van der Waals surface area contributed by atoms with E-state index in [1.807, 2.05) is 61.5 Å². The lowest BCUT2D eigenvalue weighted by atomic mass is 10.2. The van der Waals surface area contributed by atoms with Crippen LogP contribution in [0.4, 0.5) is 5.69 Å². The average Bonchev–Trinajstić information content (AvgIpc) is 2.94. The molecule has 0 aliphatic carbocycles. The van der Waals surface area contributed by atoms with Crippen molar-refractivity contribution in [2.24, 2.45) is 0 Å². The second kappa shape index (κ2) is 7.17. The maximum Gasteiger partial charge on any atom is 0.258 e. The van der Waals surface area contributed by atoms with E-state index in [1.165, 1.54) is 0 Å². The van der Waals surface area contributed by atoms with Crippen LogP contribution in [0.3, 0.4) is 0 Å². The second-order valence-electron chi connectivity index (χ2n) is 5.91. The van der Waals surface area contributed by atoms with Crippen LogP contribution in [-0.2, 0) is 9.59 Å². The zero-order chi connectivity index (χ0) is 16.9. The Labute approximate surface area is 141 Å². The molecule has 0 saturated carbocycles. The number of nitrogens with one attached hydrogen (secondary N) is 1. The standard InChI is InChI=1S/C19H20N2O3/c1-14-6-5-9-17(10-14)24-13-18(22)20-15-11-19(23)21(12-15)16-7-3-2-4-8-16/h2-10,15H,11-13H2,1H3,(H,20,22)/t15-/m1/s1. The van der Waals surface area contributed by atoms with Crippen molar-refractivity contribution in [3.8, 4) is 5.75 Å². The normalized spacial score (nSPS) is 17.0. The lowest BCUT2D eigenvalue weighted by Crippen LogP contribution is -2.39. The van der Waals surface area contributed by atoms with Gasteiger partial charge in [0.2, 0.25) is 5.91 Å². The Morgan fingerprint density at radius 3 is 2.75 bits per heavy atom. The highest BCUT2D eigenvalue weighted by molar-refractivity contribution is 5.96. The summed E-state index contributed by atoms with van der Waals surface area (Å²) >= 11 is 0. The quantitative estimate of drug-likeness (QED) is 0.918. The third-order valence-corrected chi connectivity index (χ3v) is 3.92. The van der Waals surface area contributed by atoms with Crippen LogP contribution in [0.25, 0.3) is 0 Å². The van der Waals surface area contributed by atoms with Crippen LogP contribution >= 0.6 is 0 Å². The Morgan fingerprint density at radius 2 is 2.00 bits per heavy atom. The first-order valence-electron chi connectivity index (χ1n) is 7.96. The number of amides is 2. The van der Waals surface area contributed by atoms with Gasteiger partial charge in [0.1, 0.15) is 5.75 Å². The molecule has 1 aliphatic rings. The highest BCUT2D eigenvalue weighted by Gasteiger charge is 2.31. The highest BCUT2D eigenvalue weighted by Crippen LogP contribution is 2.21. The monoisotopic (exact) mass is 324 g/mol. The summed E-state index contributed by atoms with van der Waals surface area (Å²) in [5.41, 5.74) is 1.93. The predicted molar refractivity (Wildman–Crippen MR) is 92.0 cm³/mol. The van der Waals surface area contributed by atoms with Crippen molar-refractivity contribution in [1.29, 1.82) is 0 Å². The molecule has 1 heterocycles. The zero-order valence-corrected chi connectivity index (χ0v) is 13.6. The second-order valence-corrected chi connectivity index (χ2v) is 5.91. The van der Waals surface area contributed by atoms with Gasteiger partial charge in [0.15, 0.2) is 6.61 Å². The van der Waals surface area contributed by atoms with Crippen molar-refractivity contribution in [3.63, 3.8) is 0 Å². The van der Waals surface area contributed by atoms with E-state index in [1.54, 1.807) is 4.90 Å². The number of carbonyl (C=O) groups is 2. The summed E-state index contributed by atoms with van der Waals surface area (Å²) in [5.74, 6) is 0.467. The molecule has 1 atom stereocenters. The predicted octanol–water partition coefficient (Wildman–Crippen LogP) is 2.30. The van der Waals surface area contributed by atoms with E-state index in [9.17, 15) is 9.59 Å². The molecule has 1 aliphatic heterocycles. The summed E-state index contributed by atoms with van der Waals surface area (Å²) in [6.45, 7) is 2.40. The van der Waals surface area contributed by atoms with Gasteiger partial charge in [0.25, 0.3) is 5.91 Å². The number of carbonyl (C=O) groups excluding carboxylic acids is 2. The molecular weight excluding hydrogens is 304 g/mol. The first-order chi connectivity index (χ1) is 11.6. The summed E-state index contributed by atoms with van der Waals surface area (Å²) < 4.78 is 5.49. The molecular formula is C19H20N2O3. The van der Waals surface area contributed by atoms with E-state index in [-0.39, 0.29) is 24.5 Å². The third kappa shape index (κ3) is 3.93. The SMILES string of the molecule is Cc1cccc(OCC(=O)N[C@@H]2CC(=O)N(c3ccccc3)C2)c1. The summed E-state index contributed by atoms with van der Waals surface area (Å²) in [6.07, 6.45) is 0.311. The Bertz CT molecular complexity index is 730. The Kier molecular flexibility index (Phi) is 4.79. The molecule has 1 saturated heterocycles. The number of para-hydroxylation sites is 1. The van der Waals surface area contributed by atoms with Crippen LogP contribution in [0.1, 0.15) is 12.0 Å². The summed E-state index contributed by atoms with van der Waals surface area (Å²) in [4.78, 5) is 25.9. The number of anilines is 1. The summed E-state index contributed by atoms with van der Waals surface area (Å²) in [5, 5.41) is 2.87. The van der Waals surface area contributed by atoms with E-state index >= 15 is 0 Å². The fourth-order valence-electron chi connectivity index (χ4n) is 2.79. The Balaban J connectivity index is 1.51. The summed E-state index contributed by atoms with van der Waals surface area (Å²) in [6, 6.07) is 16.8. The first kappa shape index (κ1) is 16.1. The average molecular weight is 324 g/mol. The lowest BCUT2D eigenvalue weighted by Gasteiger charge is -2.17. The topological polar surface area (TPSA) is 58.6 Å². The van der Waals surface area contributed by atoms with E-state index in [0.717, 1.165) is 11.3 Å². The van der Waals surface area contributed by atoms with Gasteiger partial charge in [-0.05, 0) is 36.8 Å². The number of ether oxygens (including phenoxy) is 1. The van der Waals surface area contributed by atoms with Gasteiger partial charge in [0.05, 0.1) is 6.04 Å². The minimum Gasteiger partial charge on any atom is -0.484 e. The minimum atomic E-state index is -0.218. The molecule has 0 radical (unpaired) electrons. The molecule has 2 aromatic carbocycles. The Hall–Kier alpha value is -2.82. The van der Waals surface area contributed by atoms with Crippen LogP contribution in [0.15, 0.2) is 54.6 Å². The van der Waals surface area contributed by atoms with Gasteiger partial charge >= 0.3 is 0 Å². The summed E-state index contributed by atoms with van der Waals surface area (Å²) in [7, 11) is 0. The third-order valence-electron chi connectivity index (χ3n) is 3.92. The van der Waals surface area contributed by atoms with Gasteiger partial charge in [-0.1, -0.05) is 30.3 Å². The molecule has 1 fully saturated rings. The highest BCUT2D eigenvalue weighted by atomic mass is 16.5. The van der Waals surface area contributed by atoms with E-state index in [2.05, 4.69) is 5.32 Å². The van der Waals surface area contributed by atoms with Crippen LogP contribution in [0, 0.1) is 6.92 Å². The van der Waals surface area contributed by atoms with Crippen molar-refractivity contribution < 1.29 is 14.3 Å². The molecule has 124 valence electrons. The van der Waals surface area contributed by atoms with Gasteiger partial charge in [-0.25, -0.2) is 0 Å². The molecule has 5 heteroatoms. The van der Waals surface area contributed by atoms with Crippen molar-refractivity contribution in [2.45, 2.75) is 19.4 Å². The smallest absolute Gasteiger partial charge is 0.258 e. The largest absolute Gasteiger partial charge is 0.484 e. The van der Waals surface area contributed by atoms with E-state index in [4.69, 9.17) is 4.74 Å². The zero-order valence-electron chi connectivity index (χ0n) is 13.6. The van der Waals surface area contributed by atoms with E-state index < -0.39 is 0 Å². The van der Waals surface area contributed by atoms with Gasteiger partial charge in [-0.2, -0.15) is 0 Å². The van der Waals surface area contributed by atoms with Crippen LogP contribution in [-0.4, -0.2) is 31.0 Å². The van der Waals surface area contributed by atoms with Crippen molar-refractivity contribution in [3.05, 3.63) is 60.2 Å². The number of nitrogens with zero attached hydrogens (tertiary/aromatic N) is 1. The minimum absolute atomic E-state index is 0.0195. The van der Waals surface area contributed by atoms with Crippen molar-refractivity contribution in [2.75, 3.05) is 18.1 Å². The number of benzene rings is 2. The maximum absolute atomic E-state index is 12.1. The Morgan fingerprint density at radius 1 is 1.21 bits per heavy atom. The molecule has 1 N–H and O–H groups in total. The molecule has 24 heavy (non-hydrogen) atoms. The molecule has 5 nitrogen and oxygen atoms in total. The van der Waals surface area contributed by atoms with Crippen LogP contribution in [0.5, 0.6) is 5.75 Å². The molecule has 0 unspecified atom stereocenters. The van der Waals surface area contributed by atoms with E-state index in [0.29, 0.717) is 18.7 Å².